The molecule has 1 aliphatic rings. The molecule has 29 heavy (non-hydrogen) atoms. The highest BCUT2D eigenvalue weighted by molar-refractivity contribution is 8.00. The molecule has 2 aromatic rings. The highest BCUT2D eigenvalue weighted by atomic mass is 32.2. The average Bonchev–Trinajstić information content (AvgIpc) is 3.35. The number of carbonyl (C=O) groups excluding carboxylic acids is 1. The zero-order chi connectivity index (χ0) is 21.0. The van der Waals surface area contributed by atoms with E-state index >= 15 is 0 Å². The number of anilines is 1. The van der Waals surface area contributed by atoms with Gasteiger partial charge in [-0.05, 0) is 60.4 Å². The summed E-state index contributed by atoms with van der Waals surface area (Å²) in [6, 6.07) is 6.29. The number of hydrogen-bond acceptors (Lipinski definition) is 7. The van der Waals surface area contributed by atoms with Crippen LogP contribution in [0.4, 0.5) is 5.69 Å². The van der Waals surface area contributed by atoms with Gasteiger partial charge < -0.3 is 5.32 Å². The van der Waals surface area contributed by atoms with Crippen LogP contribution in [0.5, 0.6) is 0 Å². The van der Waals surface area contributed by atoms with E-state index in [1.54, 1.807) is 23.7 Å². The Hall–Kier alpha value is -1.98. The molecule has 1 saturated heterocycles. The molecule has 1 aromatic heterocycles. The SMILES string of the molecule is CC(C)Cn1nnnc1SC(C)C(=O)Nc1ccc(S(=O)(=O)N2CCCC2)cc1. The van der Waals surface area contributed by atoms with Crippen molar-refractivity contribution in [2.24, 2.45) is 5.92 Å². The van der Waals surface area contributed by atoms with E-state index in [9.17, 15) is 13.2 Å². The van der Waals surface area contributed by atoms with Crippen LogP contribution in [0.15, 0.2) is 34.3 Å². The zero-order valence-electron chi connectivity index (χ0n) is 16.8. The number of aromatic nitrogens is 4. The Kier molecular flexibility index (Phi) is 6.91. The second-order valence-electron chi connectivity index (χ2n) is 7.42. The van der Waals surface area contributed by atoms with Crippen molar-refractivity contribution in [3.8, 4) is 0 Å². The molecule has 11 heteroatoms. The molecule has 1 aliphatic heterocycles. The molecule has 1 N–H and O–H groups in total. The van der Waals surface area contributed by atoms with Crippen molar-refractivity contribution < 1.29 is 13.2 Å². The van der Waals surface area contributed by atoms with Gasteiger partial charge in [-0.1, -0.05) is 25.6 Å². The maximum Gasteiger partial charge on any atom is 0.243 e. The van der Waals surface area contributed by atoms with Crippen LogP contribution >= 0.6 is 11.8 Å². The molecule has 1 amide bonds. The molecule has 0 aliphatic carbocycles. The van der Waals surface area contributed by atoms with Crippen LogP contribution in [0, 0.1) is 5.92 Å². The summed E-state index contributed by atoms with van der Waals surface area (Å²) in [5.41, 5.74) is 0.546. The lowest BCUT2D eigenvalue weighted by Crippen LogP contribution is -2.28. The number of hydrogen-bond donors (Lipinski definition) is 1. The largest absolute Gasteiger partial charge is 0.325 e. The lowest BCUT2D eigenvalue weighted by molar-refractivity contribution is -0.115. The first-order chi connectivity index (χ1) is 13.8. The summed E-state index contributed by atoms with van der Waals surface area (Å²) < 4.78 is 28.3. The van der Waals surface area contributed by atoms with Crippen molar-refractivity contribution in [3.05, 3.63) is 24.3 Å². The van der Waals surface area contributed by atoms with E-state index in [1.807, 2.05) is 0 Å². The minimum atomic E-state index is -3.46. The number of carbonyl (C=O) groups is 1. The first-order valence-corrected chi connectivity index (χ1v) is 11.9. The van der Waals surface area contributed by atoms with Gasteiger partial charge in [0.15, 0.2) is 0 Å². The van der Waals surface area contributed by atoms with Crippen LogP contribution in [-0.4, -0.2) is 57.2 Å². The van der Waals surface area contributed by atoms with Crippen LogP contribution in [0.2, 0.25) is 0 Å². The summed E-state index contributed by atoms with van der Waals surface area (Å²) in [6.07, 6.45) is 1.78. The number of nitrogens with one attached hydrogen (secondary N) is 1. The number of amides is 1. The Morgan fingerprint density at radius 1 is 1.17 bits per heavy atom. The molecule has 3 rings (SSSR count). The van der Waals surface area contributed by atoms with Crippen LogP contribution in [0.3, 0.4) is 0 Å². The molecule has 0 bridgehead atoms. The molecule has 0 radical (unpaired) electrons. The van der Waals surface area contributed by atoms with Crippen LogP contribution in [0.1, 0.15) is 33.6 Å². The number of nitrogens with zero attached hydrogens (tertiary/aromatic N) is 5. The molecule has 1 unspecified atom stereocenters. The average molecular weight is 439 g/mol. The fourth-order valence-electron chi connectivity index (χ4n) is 2.98. The second kappa shape index (κ2) is 9.23. The molecule has 2 heterocycles. The Morgan fingerprint density at radius 3 is 2.45 bits per heavy atom. The van der Waals surface area contributed by atoms with Crippen LogP contribution < -0.4 is 5.32 Å². The summed E-state index contributed by atoms with van der Waals surface area (Å²) >= 11 is 1.28. The Labute approximate surface area is 175 Å². The fraction of sp³-hybridized carbons (Fsp3) is 0.556. The number of thioether (sulfide) groups is 1. The van der Waals surface area contributed by atoms with Gasteiger partial charge in [-0.2, -0.15) is 4.31 Å². The first-order valence-electron chi connectivity index (χ1n) is 9.61. The van der Waals surface area contributed by atoms with E-state index < -0.39 is 15.3 Å². The number of sulfonamides is 1. The third-order valence-electron chi connectivity index (χ3n) is 4.51. The third kappa shape index (κ3) is 5.34. The molecular formula is C18H26N6O3S2. The van der Waals surface area contributed by atoms with Gasteiger partial charge in [0.25, 0.3) is 0 Å². The van der Waals surface area contributed by atoms with Gasteiger partial charge >= 0.3 is 0 Å². The normalized spacial score (nSPS) is 16.3. The van der Waals surface area contributed by atoms with Crippen LogP contribution in [-0.2, 0) is 21.4 Å². The third-order valence-corrected chi connectivity index (χ3v) is 7.50. The molecule has 1 atom stereocenters. The summed E-state index contributed by atoms with van der Waals surface area (Å²) in [4.78, 5) is 12.8. The highest BCUT2D eigenvalue weighted by Crippen LogP contribution is 2.24. The van der Waals surface area contributed by atoms with Gasteiger partial charge in [0, 0.05) is 25.3 Å². The molecule has 0 spiro atoms. The van der Waals surface area contributed by atoms with Gasteiger partial charge in [-0.3, -0.25) is 4.79 Å². The smallest absolute Gasteiger partial charge is 0.243 e. The maximum atomic E-state index is 12.6. The van der Waals surface area contributed by atoms with Crippen molar-refractivity contribution >= 4 is 33.4 Å². The summed E-state index contributed by atoms with van der Waals surface area (Å²) in [7, 11) is -3.46. The van der Waals surface area contributed by atoms with E-state index in [1.165, 1.54) is 28.2 Å². The van der Waals surface area contributed by atoms with E-state index in [0.29, 0.717) is 36.4 Å². The monoisotopic (exact) mass is 438 g/mol. The number of rotatable bonds is 8. The van der Waals surface area contributed by atoms with Gasteiger partial charge in [-0.15, -0.1) is 5.10 Å². The molecule has 0 saturated carbocycles. The standard InChI is InChI=1S/C18H26N6O3S2/c1-13(2)12-24-18(20-21-22-24)28-14(3)17(25)19-15-6-8-16(9-7-15)29(26,27)23-10-4-5-11-23/h6-9,13-14H,4-5,10-12H2,1-3H3,(H,19,25). The quantitative estimate of drug-likeness (QED) is 0.629. The van der Waals surface area contributed by atoms with Crippen LogP contribution in [0.25, 0.3) is 0 Å². The minimum Gasteiger partial charge on any atom is -0.325 e. The maximum absolute atomic E-state index is 12.6. The van der Waals surface area contributed by atoms with Crippen molar-refractivity contribution in [2.75, 3.05) is 18.4 Å². The van der Waals surface area contributed by atoms with Crippen molar-refractivity contribution in [2.45, 2.75) is 55.5 Å². The molecular weight excluding hydrogens is 412 g/mol. The Morgan fingerprint density at radius 2 is 1.83 bits per heavy atom. The van der Waals surface area contributed by atoms with E-state index in [0.717, 1.165) is 12.8 Å². The summed E-state index contributed by atoms with van der Waals surface area (Å²) in [6.45, 7) is 7.72. The second-order valence-corrected chi connectivity index (χ2v) is 10.7. The van der Waals surface area contributed by atoms with Crippen molar-refractivity contribution in [1.29, 1.82) is 0 Å². The Balaban J connectivity index is 1.61. The van der Waals surface area contributed by atoms with Gasteiger partial charge in [-0.25, -0.2) is 13.1 Å². The van der Waals surface area contributed by atoms with Gasteiger partial charge in [0.05, 0.1) is 10.1 Å². The first kappa shape index (κ1) is 21.7. The molecule has 1 aromatic carbocycles. The summed E-state index contributed by atoms with van der Waals surface area (Å²) in [5.74, 6) is 0.182. The van der Waals surface area contributed by atoms with E-state index in [4.69, 9.17) is 0 Å². The predicted molar refractivity (Wildman–Crippen MR) is 111 cm³/mol. The molecule has 1 fully saturated rings. The van der Waals surface area contributed by atoms with Crippen molar-refractivity contribution in [1.82, 2.24) is 24.5 Å². The van der Waals surface area contributed by atoms with E-state index in [-0.39, 0.29) is 10.8 Å². The Bertz CT molecular complexity index is 937. The lowest BCUT2D eigenvalue weighted by Gasteiger charge is -2.16. The topological polar surface area (TPSA) is 110 Å². The highest BCUT2D eigenvalue weighted by Gasteiger charge is 2.27. The van der Waals surface area contributed by atoms with Gasteiger partial charge in [0.1, 0.15) is 0 Å². The van der Waals surface area contributed by atoms with Crippen molar-refractivity contribution in [3.63, 3.8) is 0 Å². The van der Waals surface area contributed by atoms with E-state index in [2.05, 4.69) is 34.7 Å². The van der Waals surface area contributed by atoms with Gasteiger partial charge in [0.2, 0.25) is 21.1 Å². The lowest BCUT2D eigenvalue weighted by atomic mass is 10.2. The zero-order valence-corrected chi connectivity index (χ0v) is 18.4. The fourth-order valence-corrected chi connectivity index (χ4v) is 5.30. The minimum absolute atomic E-state index is 0.204. The number of benzene rings is 1. The molecule has 9 nitrogen and oxygen atoms in total. The number of tetrazole rings is 1. The summed E-state index contributed by atoms with van der Waals surface area (Å²) in [5, 5.41) is 14.6. The molecule has 158 valence electrons. The predicted octanol–water partition coefficient (Wildman–Crippen LogP) is 2.23.